The Hall–Kier alpha value is -1.63. The molecule has 5 N–H and O–H groups in total. The second-order valence-electron chi connectivity index (χ2n) is 2.68. The highest BCUT2D eigenvalue weighted by Crippen LogP contribution is 2.21. The number of anilines is 1. The fourth-order valence-corrected chi connectivity index (χ4v) is 1.74. The number of hydrazone groups is 1. The summed E-state index contributed by atoms with van der Waals surface area (Å²) >= 11 is 1.20. The summed E-state index contributed by atoms with van der Waals surface area (Å²) in [5, 5.41) is 4.35. The molecule has 6 nitrogen and oxygen atoms in total. The van der Waals surface area contributed by atoms with E-state index >= 15 is 0 Å². The Labute approximate surface area is 85.1 Å². The maximum absolute atomic E-state index is 10.4. The molecule has 0 atom stereocenters. The molecule has 0 spiro atoms. The van der Waals surface area contributed by atoms with Crippen LogP contribution in [0, 0.1) is 6.92 Å². The number of aryl methyl sites for hydroxylation is 1. The van der Waals surface area contributed by atoms with Gasteiger partial charge >= 0.3 is 6.03 Å². The molecule has 1 heterocycles. The zero-order valence-corrected chi connectivity index (χ0v) is 8.68. The molecule has 0 unspecified atom stereocenters. The zero-order chi connectivity index (χ0) is 10.7. The number of aromatic nitrogens is 1. The van der Waals surface area contributed by atoms with Crippen molar-refractivity contribution in [2.45, 2.75) is 13.8 Å². The number of carbonyl (C=O) groups excluding carboxylic acids is 1. The molecular weight excluding hydrogens is 202 g/mol. The van der Waals surface area contributed by atoms with E-state index in [-0.39, 0.29) is 0 Å². The number of rotatable bonds is 2. The van der Waals surface area contributed by atoms with Gasteiger partial charge in [0.2, 0.25) is 0 Å². The van der Waals surface area contributed by atoms with Crippen LogP contribution in [0.15, 0.2) is 5.10 Å². The minimum atomic E-state index is -0.705. The third kappa shape index (κ3) is 2.19. The van der Waals surface area contributed by atoms with E-state index in [0.717, 1.165) is 11.3 Å². The summed E-state index contributed by atoms with van der Waals surface area (Å²) in [5.41, 5.74) is 14.8. The first-order valence-electron chi connectivity index (χ1n) is 3.84. The highest BCUT2D eigenvalue weighted by molar-refractivity contribution is 7.10. The van der Waals surface area contributed by atoms with Crippen molar-refractivity contribution in [2.75, 3.05) is 5.73 Å². The number of nitrogens with two attached hydrogens (primary N) is 2. The van der Waals surface area contributed by atoms with Gasteiger partial charge in [0, 0.05) is 0 Å². The second kappa shape index (κ2) is 4.05. The van der Waals surface area contributed by atoms with Crippen LogP contribution in [0.1, 0.15) is 18.2 Å². The molecule has 0 radical (unpaired) electrons. The highest BCUT2D eigenvalue weighted by Gasteiger charge is 2.10. The summed E-state index contributed by atoms with van der Waals surface area (Å²) in [4.78, 5) is 10.4. The van der Waals surface area contributed by atoms with E-state index in [1.165, 1.54) is 11.5 Å². The van der Waals surface area contributed by atoms with Crippen molar-refractivity contribution in [3.8, 4) is 0 Å². The normalized spacial score (nSPS) is 11.4. The number of nitrogen functional groups attached to an aromatic ring is 1. The van der Waals surface area contributed by atoms with Gasteiger partial charge in [0.25, 0.3) is 0 Å². The lowest BCUT2D eigenvalue weighted by Crippen LogP contribution is -2.25. The van der Waals surface area contributed by atoms with Crippen molar-refractivity contribution in [1.29, 1.82) is 0 Å². The largest absolute Gasteiger partial charge is 0.389 e. The van der Waals surface area contributed by atoms with E-state index in [2.05, 4.69) is 14.9 Å². The lowest BCUT2D eigenvalue weighted by Gasteiger charge is -1.99. The van der Waals surface area contributed by atoms with Crippen LogP contribution in [-0.4, -0.2) is 16.1 Å². The van der Waals surface area contributed by atoms with Gasteiger partial charge in [0.05, 0.1) is 17.0 Å². The number of nitrogens with one attached hydrogen (secondary N) is 1. The smallest absolute Gasteiger partial charge is 0.332 e. The molecule has 0 saturated carbocycles. The average molecular weight is 213 g/mol. The summed E-state index contributed by atoms with van der Waals surface area (Å²) in [6.45, 7) is 3.55. The van der Waals surface area contributed by atoms with Gasteiger partial charge in [-0.3, -0.25) is 0 Å². The van der Waals surface area contributed by atoms with Gasteiger partial charge in [-0.2, -0.15) is 9.47 Å². The predicted octanol–water partition coefficient (Wildman–Crippen LogP) is 0.426. The average Bonchev–Trinajstić information content (AvgIpc) is 2.42. The molecule has 0 fully saturated rings. The molecular formula is C7H11N5OS. The topological polar surface area (TPSA) is 106 Å². The van der Waals surface area contributed by atoms with Gasteiger partial charge in [-0.15, -0.1) is 0 Å². The third-order valence-electron chi connectivity index (χ3n) is 1.58. The Bertz CT molecular complexity index is 364. The highest BCUT2D eigenvalue weighted by atomic mass is 32.1. The molecule has 0 aliphatic heterocycles. The Morgan fingerprint density at radius 3 is 2.71 bits per heavy atom. The Kier molecular flexibility index (Phi) is 3.03. The Balaban J connectivity index is 2.93. The molecule has 0 aromatic carbocycles. The molecule has 76 valence electrons. The molecule has 0 bridgehead atoms. The number of hydrogen-bond acceptors (Lipinski definition) is 5. The van der Waals surface area contributed by atoms with E-state index in [0.29, 0.717) is 10.7 Å². The zero-order valence-electron chi connectivity index (χ0n) is 7.87. The van der Waals surface area contributed by atoms with Gasteiger partial charge in [-0.05, 0) is 25.4 Å². The maximum Gasteiger partial charge on any atom is 0.332 e. The van der Waals surface area contributed by atoms with Gasteiger partial charge in [-0.25, -0.2) is 10.2 Å². The molecule has 0 aliphatic rings. The number of primary amides is 1. The molecule has 14 heavy (non-hydrogen) atoms. The van der Waals surface area contributed by atoms with Gasteiger partial charge in [-0.1, -0.05) is 0 Å². The van der Waals surface area contributed by atoms with Crippen molar-refractivity contribution in [3.63, 3.8) is 0 Å². The molecule has 1 aromatic heterocycles. The molecule has 1 aromatic rings. The summed E-state index contributed by atoms with van der Waals surface area (Å²) in [6.07, 6.45) is 0. The SMILES string of the molecule is C/C(=N\NC(N)=O)c1c(C)nsc1N. The number of hydrogen-bond donors (Lipinski definition) is 3. The van der Waals surface area contributed by atoms with Crippen LogP contribution in [0.3, 0.4) is 0 Å². The van der Waals surface area contributed by atoms with Crippen LogP contribution in [-0.2, 0) is 0 Å². The van der Waals surface area contributed by atoms with Crippen LogP contribution in [0.5, 0.6) is 0 Å². The van der Waals surface area contributed by atoms with E-state index in [9.17, 15) is 4.79 Å². The van der Waals surface area contributed by atoms with Crippen LogP contribution in [0.4, 0.5) is 9.80 Å². The van der Waals surface area contributed by atoms with Crippen LogP contribution < -0.4 is 16.9 Å². The van der Waals surface area contributed by atoms with Crippen molar-refractivity contribution in [1.82, 2.24) is 9.80 Å². The van der Waals surface area contributed by atoms with Crippen LogP contribution in [0.25, 0.3) is 0 Å². The fourth-order valence-electron chi connectivity index (χ4n) is 1.02. The standard InChI is InChI=1S/C7H11N5OS/c1-3(10-11-7(9)13)5-4(2)12-14-6(5)8/h8H2,1-2H3,(H3,9,11,13)/b10-3+. The Morgan fingerprint density at radius 1 is 1.64 bits per heavy atom. The molecule has 0 aliphatic carbocycles. The van der Waals surface area contributed by atoms with E-state index < -0.39 is 6.03 Å². The lowest BCUT2D eigenvalue weighted by atomic mass is 10.2. The number of amides is 2. The van der Waals surface area contributed by atoms with E-state index in [1.807, 2.05) is 6.92 Å². The van der Waals surface area contributed by atoms with Gasteiger partial charge in [0.15, 0.2) is 0 Å². The van der Waals surface area contributed by atoms with Gasteiger partial charge < -0.3 is 11.5 Å². The Morgan fingerprint density at radius 2 is 2.29 bits per heavy atom. The first-order chi connectivity index (χ1) is 6.52. The van der Waals surface area contributed by atoms with Crippen molar-refractivity contribution in [3.05, 3.63) is 11.3 Å². The summed E-state index contributed by atoms with van der Waals surface area (Å²) in [6, 6.07) is -0.705. The molecule has 1 rings (SSSR count). The fraction of sp³-hybridized carbons (Fsp3) is 0.286. The monoisotopic (exact) mass is 213 g/mol. The van der Waals surface area contributed by atoms with E-state index in [1.54, 1.807) is 6.92 Å². The van der Waals surface area contributed by atoms with Crippen LogP contribution >= 0.6 is 11.5 Å². The summed E-state index contributed by atoms with van der Waals surface area (Å²) in [7, 11) is 0. The minimum absolute atomic E-state index is 0.579. The summed E-state index contributed by atoms with van der Waals surface area (Å²) in [5.74, 6) is 0. The number of carbonyl (C=O) groups is 1. The minimum Gasteiger partial charge on any atom is -0.389 e. The third-order valence-corrected chi connectivity index (χ3v) is 2.35. The predicted molar refractivity (Wildman–Crippen MR) is 56.2 cm³/mol. The van der Waals surface area contributed by atoms with Crippen LogP contribution in [0.2, 0.25) is 0 Å². The maximum atomic E-state index is 10.4. The number of nitrogens with zero attached hydrogens (tertiary/aromatic N) is 2. The molecule has 0 saturated heterocycles. The second-order valence-corrected chi connectivity index (χ2v) is 3.49. The summed E-state index contributed by atoms with van der Waals surface area (Å²) < 4.78 is 4.06. The van der Waals surface area contributed by atoms with Crippen molar-refractivity contribution in [2.24, 2.45) is 10.8 Å². The first-order valence-corrected chi connectivity index (χ1v) is 4.61. The van der Waals surface area contributed by atoms with E-state index in [4.69, 9.17) is 11.5 Å². The van der Waals surface area contributed by atoms with Crippen molar-refractivity contribution >= 4 is 28.3 Å². The first kappa shape index (κ1) is 10.5. The van der Waals surface area contributed by atoms with Gasteiger partial charge in [0.1, 0.15) is 5.00 Å². The number of urea groups is 1. The van der Waals surface area contributed by atoms with Crippen molar-refractivity contribution < 1.29 is 4.79 Å². The quantitative estimate of drug-likeness (QED) is 0.489. The lowest BCUT2D eigenvalue weighted by molar-refractivity contribution is 0.249. The molecule has 7 heteroatoms. The molecule has 2 amide bonds.